The lowest BCUT2D eigenvalue weighted by molar-refractivity contribution is 0.0526. The number of methoxy groups -OCH3 is 1. The Hall–Kier alpha value is -2.50. The number of fused-ring (bicyclic) bond motifs is 1. The van der Waals surface area contributed by atoms with Crippen molar-refractivity contribution in [1.82, 2.24) is 10.3 Å². The molecule has 0 atom stereocenters. The van der Waals surface area contributed by atoms with E-state index in [0.29, 0.717) is 12.1 Å². The van der Waals surface area contributed by atoms with Crippen molar-refractivity contribution in [3.8, 4) is 0 Å². The molecule has 1 aromatic heterocycles. The molecule has 1 heterocycles. The minimum atomic E-state index is -0.488. The summed E-state index contributed by atoms with van der Waals surface area (Å²) in [6.07, 6.45) is 3.14. The van der Waals surface area contributed by atoms with E-state index in [9.17, 15) is 9.59 Å². The van der Waals surface area contributed by atoms with Crippen molar-refractivity contribution in [3.05, 3.63) is 35.5 Å². The first-order valence-electron chi connectivity index (χ1n) is 7.95. The molecule has 0 aliphatic carbocycles. The molecule has 0 saturated heterocycles. The summed E-state index contributed by atoms with van der Waals surface area (Å²) >= 11 is 0. The van der Waals surface area contributed by atoms with Crippen LogP contribution in [0.5, 0.6) is 0 Å². The number of H-pyrrole nitrogens is 1. The van der Waals surface area contributed by atoms with E-state index < -0.39 is 11.7 Å². The lowest BCUT2D eigenvalue weighted by Gasteiger charge is -2.19. The van der Waals surface area contributed by atoms with E-state index in [0.717, 1.165) is 29.3 Å². The van der Waals surface area contributed by atoms with Gasteiger partial charge in [-0.15, -0.1) is 0 Å². The van der Waals surface area contributed by atoms with E-state index in [2.05, 4.69) is 10.3 Å². The molecule has 6 nitrogen and oxygen atoms in total. The Morgan fingerprint density at radius 1 is 1.25 bits per heavy atom. The number of hydrogen-bond acceptors (Lipinski definition) is 4. The lowest BCUT2D eigenvalue weighted by Crippen LogP contribution is -2.33. The van der Waals surface area contributed by atoms with Crippen LogP contribution in [0.3, 0.4) is 0 Å². The van der Waals surface area contributed by atoms with Crippen LogP contribution in [0.2, 0.25) is 0 Å². The molecule has 0 saturated carbocycles. The van der Waals surface area contributed by atoms with Crippen LogP contribution in [0, 0.1) is 0 Å². The summed E-state index contributed by atoms with van der Waals surface area (Å²) in [5.74, 6) is -0.352. The normalized spacial score (nSPS) is 11.3. The van der Waals surface area contributed by atoms with Crippen LogP contribution in [-0.2, 0) is 15.9 Å². The van der Waals surface area contributed by atoms with Crippen molar-refractivity contribution in [2.45, 2.75) is 39.2 Å². The largest absolute Gasteiger partial charge is 0.465 e. The first kappa shape index (κ1) is 17.8. The maximum Gasteiger partial charge on any atom is 0.407 e. The number of aromatic amines is 1. The van der Waals surface area contributed by atoms with E-state index >= 15 is 0 Å². The van der Waals surface area contributed by atoms with Crippen LogP contribution >= 0.6 is 0 Å². The second kappa shape index (κ2) is 7.38. The molecule has 0 spiro atoms. The summed E-state index contributed by atoms with van der Waals surface area (Å²) in [6.45, 7) is 6.05. The Balaban J connectivity index is 1.90. The van der Waals surface area contributed by atoms with Crippen LogP contribution in [-0.4, -0.2) is 36.3 Å². The predicted molar refractivity (Wildman–Crippen MR) is 92.2 cm³/mol. The molecule has 24 heavy (non-hydrogen) atoms. The molecular formula is C18H24N2O4. The van der Waals surface area contributed by atoms with Crippen molar-refractivity contribution in [1.29, 1.82) is 0 Å². The van der Waals surface area contributed by atoms with Gasteiger partial charge in [0, 0.05) is 23.6 Å². The number of aryl methyl sites for hydroxylation is 1. The van der Waals surface area contributed by atoms with E-state index in [1.807, 2.05) is 33.0 Å². The second-order valence-corrected chi connectivity index (χ2v) is 6.60. The smallest absolute Gasteiger partial charge is 0.407 e. The Morgan fingerprint density at radius 2 is 2.00 bits per heavy atom. The van der Waals surface area contributed by atoms with Gasteiger partial charge in [-0.1, -0.05) is 6.07 Å². The molecule has 6 heteroatoms. The average molecular weight is 332 g/mol. The summed E-state index contributed by atoms with van der Waals surface area (Å²) < 4.78 is 9.91. The van der Waals surface area contributed by atoms with Crippen molar-refractivity contribution in [2.75, 3.05) is 13.7 Å². The maximum absolute atomic E-state index is 11.6. The maximum atomic E-state index is 11.6. The fourth-order valence-electron chi connectivity index (χ4n) is 2.42. The van der Waals surface area contributed by atoms with E-state index in [1.165, 1.54) is 7.11 Å². The summed E-state index contributed by atoms with van der Waals surface area (Å²) in [5, 5.41) is 3.82. The number of benzene rings is 1. The third-order valence-electron chi connectivity index (χ3n) is 3.48. The number of hydrogen-bond donors (Lipinski definition) is 2. The van der Waals surface area contributed by atoms with E-state index in [-0.39, 0.29) is 5.97 Å². The van der Waals surface area contributed by atoms with Gasteiger partial charge >= 0.3 is 12.1 Å². The fraction of sp³-hybridized carbons (Fsp3) is 0.444. The molecule has 2 rings (SSSR count). The van der Waals surface area contributed by atoms with Crippen LogP contribution in [0.25, 0.3) is 10.9 Å². The lowest BCUT2D eigenvalue weighted by atomic mass is 10.1. The SMILES string of the molecule is COC(=O)c1ccc2c(CCCNC(=O)OC(C)(C)C)c[nH]c2c1. The standard InChI is InChI=1S/C18H24N2O4/c1-18(2,3)24-17(22)19-9-5-6-13-11-20-15-10-12(16(21)23-4)7-8-14(13)15/h7-8,10-11,20H,5-6,9H2,1-4H3,(H,19,22). The monoisotopic (exact) mass is 332 g/mol. The minimum Gasteiger partial charge on any atom is -0.465 e. The highest BCUT2D eigenvalue weighted by Gasteiger charge is 2.15. The third-order valence-corrected chi connectivity index (χ3v) is 3.48. The molecule has 2 aromatic rings. The number of carbonyl (C=O) groups is 2. The zero-order chi connectivity index (χ0) is 17.7. The number of aromatic nitrogens is 1. The Morgan fingerprint density at radius 3 is 2.67 bits per heavy atom. The molecule has 1 amide bonds. The van der Waals surface area contributed by atoms with Crippen LogP contribution in [0.4, 0.5) is 4.79 Å². The highest BCUT2D eigenvalue weighted by atomic mass is 16.6. The third kappa shape index (κ3) is 4.75. The molecule has 0 aliphatic heterocycles. The first-order valence-corrected chi connectivity index (χ1v) is 7.95. The van der Waals surface area contributed by atoms with Gasteiger partial charge in [0.1, 0.15) is 5.60 Å². The number of alkyl carbamates (subject to hydrolysis) is 1. The summed E-state index contributed by atoms with van der Waals surface area (Å²) in [7, 11) is 1.37. The quantitative estimate of drug-likeness (QED) is 0.649. The van der Waals surface area contributed by atoms with Crippen LogP contribution < -0.4 is 5.32 Å². The van der Waals surface area contributed by atoms with E-state index in [4.69, 9.17) is 9.47 Å². The highest BCUT2D eigenvalue weighted by molar-refractivity contribution is 5.95. The van der Waals surface area contributed by atoms with Gasteiger partial charge in [0.05, 0.1) is 12.7 Å². The molecule has 2 N–H and O–H groups in total. The Labute approximate surface area is 141 Å². The summed E-state index contributed by atoms with van der Waals surface area (Å²) in [5.41, 5.74) is 2.07. The topological polar surface area (TPSA) is 80.4 Å². The highest BCUT2D eigenvalue weighted by Crippen LogP contribution is 2.21. The minimum absolute atomic E-state index is 0.352. The van der Waals surface area contributed by atoms with Crippen molar-refractivity contribution < 1.29 is 19.1 Å². The Bertz CT molecular complexity index is 728. The molecule has 0 radical (unpaired) electrons. The van der Waals surface area contributed by atoms with Gasteiger partial charge in [0.2, 0.25) is 0 Å². The predicted octanol–water partition coefficient (Wildman–Crippen LogP) is 3.41. The summed E-state index contributed by atoms with van der Waals surface area (Å²) in [4.78, 5) is 26.3. The number of esters is 1. The molecule has 0 fully saturated rings. The average Bonchev–Trinajstić information content (AvgIpc) is 2.91. The molecule has 130 valence electrons. The van der Waals surface area contributed by atoms with Crippen LogP contribution in [0.1, 0.15) is 43.1 Å². The number of amides is 1. The van der Waals surface area contributed by atoms with Gasteiger partial charge < -0.3 is 19.8 Å². The molecule has 0 unspecified atom stereocenters. The van der Waals surface area contributed by atoms with Gasteiger partial charge in [0.15, 0.2) is 0 Å². The molecule has 0 aliphatic rings. The Kier molecular flexibility index (Phi) is 5.49. The van der Waals surface area contributed by atoms with Crippen molar-refractivity contribution >= 4 is 23.0 Å². The zero-order valence-corrected chi connectivity index (χ0v) is 14.6. The van der Waals surface area contributed by atoms with Crippen molar-refractivity contribution in [3.63, 3.8) is 0 Å². The molecular weight excluding hydrogens is 308 g/mol. The van der Waals surface area contributed by atoms with Gasteiger partial charge in [0.25, 0.3) is 0 Å². The summed E-state index contributed by atoms with van der Waals surface area (Å²) in [6, 6.07) is 5.45. The molecule has 0 bridgehead atoms. The van der Waals surface area contributed by atoms with Gasteiger partial charge in [-0.3, -0.25) is 0 Å². The number of rotatable bonds is 5. The fourth-order valence-corrected chi connectivity index (χ4v) is 2.42. The van der Waals surface area contributed by atoms with Crippen LogP contribution in [0.15, 0.2) is 24.4 Å². The van der Waals surface area contributed by atoms with Crippen molar-refractivity contribution in [2.24, 2.45) is 0 Å². The first-order chi connectivity index (χ1) is 11.3. The number of nitrogens with one attached hydrogen (secondary N) is 2. The van der Waals surface area contributed by atoms with Gasteiger partial charge in [-0.2, -0.15) is 0 Å². The second-order valence-electron chi connectivity index (χ2n) is 6.60. The van der Waals surface area contributed by atoms with Gasteiger partial charge in [-0.05, 0) is 51.3 Å². The molecule has 1 aromatic carbocycles. The number of carbonyl (C=O) groups excluding carboxylic acids is 2. The number of ether oxygens (including phenoxy) is 2. The van der Waals surface area contributed by atoms with E-state index in [1.54, 1.807) is 12.1 Å². The van der Waals surface area contributed by atoms with Gasteiger partial charge in [-0.25, -0.2) is 9.59 Å². The zero-order valence-electron chi connectivity index (χ0n) is 14.6.